The molecule has 230 valence electrons. The van der Waals surface area contributed by atoms with Gasteiger partial charge in [-0.15, -0.1) is 0 Å². The minimum absolute atomic E-state index is 0.0692. The third kappa shape index (κ3) is 7.79. The van der Waals surface area contributed by atoms with Crippen LogP contribution in [0.2, 0.25) is 0 Å². The lowest BCUT2D eigenvalue weighted by atomic mass is 9.61. The molecular weight excluding hydrogens is 498 g/mol. The van der Waals surface area contributed by atoms with Gasteiger partial charge in [0, 0.05) is 31.1 Å². The summed E-state index contributed by atoms with van der Waals surface area (Å²) in [7, 11) is 0. The fraction of sp³-hybridized carbons (Fsp3) is 0.882. The second-order valence-electron chi connectivity index (χ2n) is 14.4. The van der Waals surface area contributed by atoms with E-state index in [9.17, 15) is 15.3 Å². The van der Waals surface area contributed by atoms with Crippen molar-refractivity contribution in [3.05, 3.63) is 23.8 Å². The molecule has 3 aliphatic carbocycles. The molecule has 0 aromatic rings. The van der Waals surface area contributed by atoms with E-state index < -0.39 is 18.6 Å². The molecule has 0 aromatic carbocycles. The largest absolute Gasteiger partial charge is 0.393 e. The Morgan fingerprint density at radius 1 is 1.18 bits per heavy atom. The average molecular weight is 560 g/mol. The number of fused-ring (bicyclic) bond motifs is 1. The van der Waals surface area contributed by atoms with Gasteiger partial charge in [0.1, 0.15) is 12.5 Å². The van der Waals surface area contributed by atoms with Crippen LogP contribution < -0.4 is 11.1 Å². The van der Waals surface area contributed by atoms with Gasteiger partial charge in [-0.1, -0.05) is 57.8 Å². The lowest BCUT2D eigenvalue weighted by Crippen LogP contribution is -2.59. The Kier molecular flexibility index (Phi) is 11.7. The fourth-order valence-corrected chi connectivity index (χ4v) is 9.45. The smallest absolute Gasteiger partial charge is 0.129 e. The van der Waals surface area contributed by atoms with E-state index in [0.717, 1.165) is 69.5 Å². The number of aliphatic hydroxyl groups excluding tert-OH is 3. The van der Waals surface area contributed by atoms with Crippen molar-refractivity contribution in [2.24, 2.45) is 47.2 Å². The molecule has 0 spiro atoms. The van der Waals surface area contributed by atoms with Crippen LogP contribution in [0.4, 0.5) is 0 Å². The highest BCUT2D eigenvalue weighted by atomic mass is 16.3. The molecule has 0 bridgehead atoms. The van der Waals surface area contributed by atoms with E-state index in [0.29, 0.717) is 29.6 Å². The van der Waals surface area contributed by atoms with Gasteiger partial charge in [-0.05, 0) is 106 Å². The third-order valence-corrected chi connectivity index (χ3v) is 11.7. The van der Waals surface area contributed by atoms with Crippen LogP contribution in [0.25, 0.3) is 0 Å². The maximum Gasteiger partial charge on any atom is 0.129 e. The van der Waals surface area contributed by atoms with Gasteiger partial charge in [0.15, 0.2) is 0 Å². The second-order valence-corrected chi connectivity index (χ2v) is 14.4. The van der Waals surface area contributed by atoms with Crippen LogP contribution in [-0.4, -0.2) is 64.0 Å². The Morgan fingerprint density at radius 2 is 1.90 bits per heavy atom. The van der Waals surface area contributed by atoms with E-state index in [1.54, 1.807) is 0 Å². The summed E-state index contributed by atoms with van der Waals surface area (Å²) in [4.78, 5) is 2.23. The summed E-state index contributed by atoms with van der Waals surface area (Å²) < 4.78 is 0. The molecule has 4 aliphatic rings. The second kappa shape index (κ2) is 14.6. The summed E-state index contributed by atoms with van der Waals surface area (Å²) in [6.07, 6.45) is 13.9. The quantitative estimate of drug-likeness (QED) is 0.177. The molecule has 6 nitrogen and oxygen atoms in total. The van der Waals surface area contributed by atoms with Crippen molar-refractivity contribution in [1.29, 1.82) is 0 Å². The molecule has 0 radical (unpaired) electrons. The highest BCUT2D eigenvalue weighted by molar-refractivity contribution is 5.07. The molecule has 6 unspecified atom stereocenters. The van der Waals surface area contributed by atoms with E-state index in [4.69, 9.17) is 5.73 Å². The molecule has 12 atom stereocenters. The Labute approximate surface area is 244 Å². The number of hydrogen-bond donors (Lipinski definition) is 5. The zero-order valence-electron chi connectivity index (χ0n) is 26.0. The van der Waals surface area contributed by atoms with Gasteiger partial charge in [0.2, 0.25) is 0 Å². The van der Waals surface area contributed by atoms with Gasteiger partial charge >= 0.3 is 0 Å². The Balaban J connectivity index is 1.32. The summed E-state index contributed by atoms with van der Waals surface area (Å²) in [5.41, 5.74) is 8.49. The summed E-state index contributed by atoms with van der Waals surface area (Å²) in [5.74, 6) is 3.39. The molecule has 40 heavy (non-hydrogen) atoms. The number of aliphatic hydroxyl groups is 3. The minimum Gasteiger partial charge on any atom is -0.393 e. The number of nitrogens with zero attached hydrogens (tertiary/aromatic N) is 1. The predicted octanol–water partition coefficient (Wildman–Crippen LogP) is 5.18. The lowest BCUT2D eigenvalue weighted by molar-refractivity contribution is -0.0927. The van der Waals surface area contributed by atoms with Crippen molar-refractivity contribution < 1.29 is 15.3 Å². The topological polar surface area (TPSA) is 102 Å². The molecule has 1 saturated heterocycles. The Morgan fingerprint density at radius 3 is 2.58 bits per heavy atom. The zero-order chi connectivity index (χ0) is 29.0. The zero-order valence-corrected chi connectivity index (χ0v) is 26.0. The van der Waals surface area contributed by atoms with E-state index in [-0.39, 0.29) is 18.0 Å². The van der Waals surface area contributed by atoms with E-state index in [1.807, 2.05) is 0 Å². The van der Waals surface area contributed by atoms with Crippen LogP contribution in [0.15, 0.2) is 23.8 Å². The Bertz CT molecular complexity index is 846. The number of allylic oxidation sites excluding steroid dienone is 2. The number of hydrogen-bond acceptors (Lipinski definition) is 6. The average Bonchev–Trinajstić information content (AvgIpc) is 2.92. The maximum absolute atomic E-state index is 11.4. The van der Waals surface area contributed by atoms with Gasteiger partial charge in [-0.3, -0.25) is 4.90 Å². The highest BCUT2D eigenvalue weighted by Gasteiger charge is 2.47. The summed E-state index contributed by atoms with van der Waals surface area (Å²) >= 11 is 0. The highest BCUT2D eigenvalue weighted by Crippen LogP contribution is 2.45. The molecule has 6 N–H and O–H groups in total. The van der Waals surface area contributed by atoms with Crippen LogP contribution in [-0.2, 0) is 0 Å². The summed E-state index contributed by atoms with van der Waals surface area (Å²) in [6.45, 7) is 15.1. The number of nitrogens with two attached hydrogens (primary N) is 1. The van der Waals surface area contributed by atoms with Gasteiger partial charge in [0.25, 0.3) is 0 Å². The van der Waals surface area contributed by atoms with Gasteiger partial charge in [-0.25, -0.2) is 0 Å². The van der Waals surface area contributed by atoms with Crippen LogP contribution in [0.1, 0.15) is 105 Å². The number of piperidine rings is 1. The van der Waals surface area contributed by atoms with Gasteiger partial charge < -0.3 is 26.4 Å². The van der Waals surface area contributed by atoms with Crippen molar-refractivity contribution in [3.8, 4) is 0 Å². The van der Waals surface area contributed by atoms with Crippen molar-refractivity contribution in [2.75, 3.05) is 13.1 Å². The van der Waals surface area contributed by atoms with E-state index in [1.165, 1.54) is 37.7 Å². The van der Waals surface area contributed by atoms with Crippen LogP contribution >= 0.6 is 0 Å². The normalized spacial score (nSPS) is 38.5. The van der Waals surface area contributed by atoms with Crippen molar-refractivity contribution >= 4 is 0 Å². The van der Waals surface area contributed by atoms with Gasteiger partial charge in [-0.2, -0.15) is 0 Å². The molecule has 0 aromatic heterocycles. The van der Waals surface area contributed by atoms with Crippen molar-refractivity contribution in [3.63, 3.8) is 0 Å². The monoisotopic (exact) mass is 559 g/mol. The molecule has 6 heteroatoms. The molecule has 1 heterocycles. The number of rotatable bonds is 11. The molecule has 0 amide bonds. The number of nitrogens with one attached hydrogen (secondary N) is 1. The molecule has 3 fully saturated rings. The molecule has 1 aliphatic heterocycles. The predicted molar refractivity (Wildman–Crippen MR) is 164 cm³/mol. The fourth-order valence-electron chi connectivity index (χ4n) is 9.45. The van der Waals surface area contributed by atoms with Crippen molar-refractivity contribution in [1.82, 2.24) is 10.2 Å². The van der Waals surface area contributed by atoms with Crippen LogP contribution in [0.3, 0.4) is 0 Å². The molecule has 2 saturated carbocycles. The molecular formula is C34H61N3O3. The van der Waals surface area contributed by atoms with Gasteiger partial charge in [0.05, 0.1) is 6.10 Å². The SMILES string of the molecule is C=C(C[C@H]1CCCC[C@H]1CC)C(O)N1CCC2C(CC(O)C(C(C)N[C@@H](C[C@H]3CCC=C(C)C3)[C@@H](N)O)[C@@H]2C)C1. The minimum atomic E-state index is -0.906. The standard InChI is InChI=1S/C34H61N3O3/c1-6-26-12-7-8-13-27(26)17-22(3)34(40)37-15-14-29-23(4)32(31(38)19-28(29)20-37)24(5)36-30(33(35)39)18-25-11-9-10-21(2)16-25/h10,23-34,36,38-40H,3,6-9,11-20,35H2,1-2,4-5H3/t23-,24?,25+,26-,27-,28?,29?,30+,31?,32?,33+,34?/m1/s1. The lowest BCUT2D eigenvalue weighted by Gasteiger charge is -2.52. The molecule has 4 rings (SSSR count). The summed E-state index contributed by atoms with van der Waals surface area (Å²) in [6, 6.07) is -0.0951. The van der Waals surface area contributed by atoms with E-state index in [2.05, 4.69) is 50.6 Å². The summed E-state index contributed by atoms with van der Waals surface area (Å²) in [5, 5.41) is 36.8. The Hall–Kier alpha value is -0.760. The first kappa shape index (κ1) is 32.2. The first-order chi connectivity index (χ1) is 19.1. The first-order valence-electron chi connectivity index (χ1n) is 16.7. The maximum atomic E-state index is 11.4. The third-order valence-electron chi connectivity index (χ3n) is 11.7. The number of likely N-dealkylation sites (tertiary alicyclic amines) is 1. The van der Waals surface area contributed by atoms with Crippen LogP contribution in [0.5, 0.6) is 0 Å². The van der Waals surface area contributed by atoms with E-state index >= 15 is 0 Å². The van der Waals surface area contributed by atoms with Crippen molar-refractivity contribution in [2.45, 2.75) is 135 Å². The first-order valence-corrected chi connectivity index (χ1v) is 16.7. The van der Waals surface area contributed by atoms with Crippen LogP contribution in [0, 0.1) is 41.4 Å².